The Kier molecular flexibility index (Phi) is 4.02. The Morgan fingerprint density at radius 2 is 1.69 bits per heavy atom. The minimum absolute atomic E-state index is 0.116. The second kappa shape index (κ2) is 5.27. The first kappa shape index (κ1) is 12.2. The van der Waals surface area contributed by atoms with Crippen LogP contribution in [0.2, 0.25) is 0 Å². The topological polar surface area (TPSA) is 101 Å². The third-order valence-corrected chi connectivity index (χ3v) is 2.31. The Hall–Kier alpha value is -1.88. The van der Waals surface area contributed by atoms with Gasteiger partial charge < -0.3 is 15.9 Å². The van der Waals surface area contributed by atoms with Gasteiger partial charge in [0.15, 0.2) is 0 Å². The van der Waals surface area contributed by atoms with E-state index in [-0.39, 0.29) is 6.42 Å². The first-order chi connectivity index (χ1) is 7.52. The van der Waals surface area contributed by atoms with Gasteiger partial charge in [0.25, 0.3) is 0 Å². The molecule has 0 aliphatic heterocycles. The number of carboxylic acids is 2. The van der Waals surface area contributed by atoms with Gasteiger partial charge in [-0.15, -0.1) is 0 Å². The third-order valence-electron chi connectivity index (χ3n) is 2.31. The minimum atomic E-state index is -1.19. The number of hydrogen-bond donors (Lipinski definition) is 3. The molecular weight excluding hydrogens is 210 g/mol. The van der Waals surface area contributed by atoms with Crippen molar-refractivity contribution >= 4 is 11.9 Å². The number of carbonyl (C=O) groups is 2. The zero-order chi connectivity index (χ0) is 12.1. The van der Waals surface area contributed by atoms with Gasteiger partial charge in [-0.3, -0.25) is 9.59 Å². The van der Waals surface area contributed by atoms with E-state index in [2.05, 4.69) is 0 Å². The molecule has 0 fully saturated rings. The highest BCUT2D eigenvalue weighted by atomic mass is 16.4. The van der Waals surface area contributed by atoms with Crippen molar-refractivity contribution in [3.05, 3.63) is 35.9 Å². The van der Waals surface area contributed by atoms with Gasteiger partial charge in [-0.1, -0.05) is 30.3 Å². The molecule has 1 rings (SSSR count). The summed E-state index contributed by atoms with van der Waals surface area (Å²) in [6.07, 6.45) is -0.116. The van der Waals surface area contributed by atoms with Crippen molar-refractivity contribution in [2.45, 2.75) is 18.4 Å². The van der Waals surface area contributed by atoms with Crippen LogP contribution in [0.15, 0.2) is 30.3 Å². The van der Waals surface area contributed by atoms with E-state index in [0.717, 1.165) is 0 Å². The van der Waals surface area contributed by atoms with Crippen molar-refractivity contribution in [1.29, 1.82) is 0 Å². The van der Waals surface area contributed by atoms with E-state index in [4.69, 9.17) is 15.9 Å². The summed E-state index contributed by atoms with van der Waals surface area (Å²) in [7, 11) is 0. The van der Waals surface area contributed by atoms with Crippen LogP contribution in [0.4, 0.5) is 0 Å². The highest BCUT2D eigenvalue weighted by Gasteiger charge is 2.25. The summed E-state index contributed by atoms with van der Waals surface area (Å²) in [6, 6.07) is 7.30. The zero-order valence-corrected chi connectivity index (χ0v) is 8.54. The summed E-state index contributed by atoms with van der Waals surface area (Å²) in [5.41, 5.74) is 5.89. The lowest BCUT2D eigenvalue weighted by atomic mass is 9.92. The SMILES string of the molecule is N[C@@H](CC(C(=O)O)c1ccccc1)C(=O)O. The number of nitrogens with two attached hydrogens (primary N) is 1. The van der Waals surface area contributed by atoms with Gasteiger partial charge in [0, 0.05) is 0 Å². The Balaban J connectivity index is 2.85. The van der Waals surface area contributed by atoms with Gasteiger partial charge in [-0.2, -0.15) is 0 Å². The summed E-state index contributed by atoms with van der Waals surface area (Å²) in [4.78, 5) is 21.6. The van der Waals surface area contributed by atoms with Gasteiger partial charge in [-0.05, 0) is 12.0 Å². The fourth-order valence-corrected chi connectivity index (χ4v) is 1.42. The van der Waals surface area contributed by atoms with Crippen molar-refractivity contribution in [2.24, 2.45) is 5.73 Å². The first-order valence-corrected chi connectivity index (χ1v) is 4.78. The number of hydrogen-bond acceptors (Lipinski definition) is 3. The molecule has 0 saturated heterocycles. The molecule has 0 aliphatic carbocycles. The molecule has 1 aromatic rings. The van der Waals surface area contributed by atoms with E-state index in [1.54, 1.807) is 30.3 Å². The highest BCUT2D eigenvalue weighted by molar-refractivity contribution is 5.79. The van der Waals surface area contributed by atoms with E-state index in [9.17, 15) is 9.59 Å². The van der Waals surface area contributed by atoms with Crippen LogP contribution in [0.3, 0.4) is 0 Å². The molecule has 16 heavy (non-hydrogen) atoms. The monoisotopic (exact) mass is 223 g/mol. The molecule has 0 heterocycles. The van der Waals surface area contributed by atoms with Crippen LogP contribution >= 0.6 is 0 Å². The molecule has 0 bridgehead atoms. The predicted molar refractivity (Wildman–Crippen MR) is 57.0 cm³/mol. The Morgan fingerprint density at radius 3 is 2.12 bits per heavy atom. The number of rotatable bonds is 5. The second-order valence-electron chi connectivity index (χ2n) is 3.48. The van der Waals surface area contributed by atoms with Gasteiger partial charge in [-0.25, -0.2) is 0 Å². The molecule has 0 spiro atoms. The minimum Gasteiger partial charge on any atom is -0.481 e. The molecule has 0 radical (unpaired) electrons. The summed E-state index contributed by atoms with van der Waals surface area (Å²) in [5, 5.41) is 17.7. The molecular formula is C11H13NO4. The molecule has 0 aromatic heterocycles. The molecule has 0 amide bonds. The van der Waals surface area contributed by atoms with E-state index in [1.807, 2.05) is 0 Å². The first-order valence-electron chi connectivity index (χ1n) is 4.78. The van der Waals surface area contributed by atoms with Crippen LogP contribution in [0.5, 0.6) is 0 Å². The van der Waals surface area contributed by atoms with Crippen molar-refractivity contribution in [2.75, 3.05) is 0 Å². The number of carboxylic acid groups (broad SMARTS) is 2. The Labute approximate surface area is 92.5 Å². The van der Waals surface area contributed by atoms with Crippen molar-refractivity contribution in [1.82, 2.24) is 0 Å². The van der Waals surface area contributed by atoms with Crippen LogP contribution < -0.4 is 5.73 Å². The van der Waals surface area contributed by atoms with E-state index >= 15 is 0 Å². The van der Waals surface area contributed by atoms with Crippen LogP contribution in [0.1, 0.15) is 17.9 Å². The fourth-order valence-electron chi connectivity index (χ4n) is 1.42. The average Bonchev–Trinajstić information content (AvgIpc) is 2.26. The lowest BCUT2D eigenvalue weighted by Gasteiger charge is -2.14. The number of benzene rings is 1. The average molecular weight is 223 g/mol. The smallest absolute Gasteiger partial charge is 0.320 e. The maximum Gasteiger partial charge on any atom is 0.320 e. The van der Waals surface area contributed by atoms with Crippen molar-refractivity contribution in [3.63, 3.8) is 0 Å². The van der Waals surface area contributed by atoms with Gasteiger partial charge in [0.1, 0.15) is 6.04 Å². The predicted octanol–water partition coefficient (Wildman–Crippen LogP) is 0.657. The molecule has 0 aliphatic rings. The van der Waals surface area contributed by atoms with E-state index < -0.39 is 23.9 Å². The molecule has 86 valence electrons. The molecule has 1 unspecified atom stereocenters. The van der Waals surface area contributed by atoms with E-state index in [1.165, 1.54) is 0 Å². The van der Waals surface area contributed by atoms with Crippen molar-refractivity contribution < 1.29 is 19.8 Å². The van der Waals surface area contributed by atoms with Gasteiger partial charge in [0.2, 0.25) is 0 Å². The number of aliphatic carboxylic acids is 2. The van der Waals surface area contributed by atoms with Gasteiger partial charge >= 0.3 is 11.9 Å². The second-order valence-corrected chi connectivity index (χ2v) is 3.48. The summed E-state index contributed by atoms with van der Waals surface area (Å²) < 4.78 is 0. The third kappa shape index (κ3) is 3.06. The quantitative estimate of drug-likeness (QED) is 0.680. The molecule has 5 heteroatoms. The van der Waals surface area contributed by atoms with Crippen LogP contribution in [0.25, 0.3) is 0 Å². The Bertz CT molecular complexity index is 377. The lowest BCUT2D eigenvalue weighted by molar-refractivity contribution is -0.141. The van der Waals surface area contributed by atoms with E-state index in [0.29, 0.717) is 5.56 Å². The molecule has 0 saturated carbocycles. The summed E-state index contributed by atoms with van der Waals surface area (Å²) in [6.45, 7) is 0. The zero-order valence-electron chi connectivity index (χ0n) is 8.54. The molecule has 2 atom stereocenters. The van der Waals surface area contributed by atoms with Crippen molar-refractivity contribution in [3.8, 4) is 0 Å². The standard InChI is InChI=1S/C11H13NO4/c12-9(11(15)16)6-8(10(13)14)7-4-2-1-3-5-7/h1-5,8-9H,6,12H2,(H,13,14)(H,15,16)/t8?,9-/m0/s1. The maximum atomic E-state index is 11.0. The Morgan fingerprint density at radius 1 is 1.12 bits per heavy atom. The maximum absolute atomic E-state index is 11.0. The van der Waals surface area contributed by atoms with Crippen LogP contribution in [-0.4, -0.2) is 28.2 Å². The van der Waals surface area contributed by atoms with Gasteiger partial charge in [0.05, 0.1) is 5.92 Å². The molecule has 5 nitrogen and oxygen atoms in total. The lowest BCUT2D eigenvalue weighted by Crippen LogP contribution is -2.33. The molecule has 4 N–H and O–H groups in total. The van der Waals surface area contributed by atoms with Crippen LogP contribution in [0, 0.1) is 0 Å². The van der Waals surface area contributed by atoms with Crippen LogP contribution in [-0.2, 0) is 9.59 Å². The highest BCUT2D eigenvalue weighted by Crippen LogP contribution is 2.20. The normalized spacial score (nSPS) is 14.1. The fraction of sp³-hybridized carbons (Fsp3) is 0.273. The molecule has 1 aromatic carbocycles. The largest absolute Gasteiger partial charge is 0.481 e. The summed E-state index contributed by atoms with van der Waals surface area (Å²) in [5.74, 6) is -3.14. The summed E-state index contributed by atoms with van der Waals surface area (Å²) >= 11 is 0.